The van der Waals surface area contributed by atoms with Crippen molar-refractivity contribution >= 4 is 28.6 Å². The minimum absolute atomic E-state index is 0.0328. The average Bonchev–Trinajstić information content (AvgIpc) is 2.91. The van der Waals surface area contributed by atoms with Gasteiger partial charge in [0, 0.05) is 39.2 Å². The molecular formula is C35H64O8Si2. The Labute approximate surface area is 276 Å². The van der Waals surface area contributed by atoms with E-state index in [0.29, 0.717) is 38.7 Å². The van der Waals surface area contributed by atoms with Crippen LogP contribution in [-0.4, -0.2) is 71.5 Å². The van der Waals surface area contributed by atoms with E-state index in [1.807, 2.05) is 0 Å². The molecule has 8 nitrogen and oxygen atoms in total. The average molecular weight is 669 g/mol. The Kier molecular flexibility index (Phi) is 14.3. The largest absolute Gasteiger partial charge is 0.462 e. The van der Waals surface area contributed by atoms with Crippen molar-refractivity contribution < 1.29 is 37.4 Å². The zero-order chi connectivity index (χ0) is 34.3. The van der Waals surface area contributed by atoms with Crippen molar-refractivity contribution in [3.8, 4) is 0 Å². The van der Waals surface area contributed by atoms with Crippen molar-refractivity contribution in [1.29, 1.82) is 0 Å². The van der Waals surface area contributed by atoms with Gasteiger partial charge in [-0.3, -0.25) is 9.59 Å². The highest BCUT2D eigenvalue weighted by Crippen LogP contribution is 2.49. The fraction of sp³-hybridized carbons (Fsp3) is 0.829. The second kappa shape index (κ2) is 16.2. The molecule has 2 aliphatic heterocycles. The molecule has 0 aromatic heterocycles. The molecule has 0 radical (unpaired) electrons. The minimum atomic E-state index is -2.02. The standard InChI is InChI=1S/C35H64O8Si2/c1-14-18-38-32(37)21-29-20-30(40-28(7)36)23-35(41-29)25-34(11,43-45(15-2,16-3)17-4)22-31(42-35)19-26(5)27(6)24-39-44(12,13)33(8,9)10/h14,27,29-31H,1,5,15-25H2,2-4,6-13H3/t27-,29+,30-,31-,34-,35+/m0/s1. The van der Waals surface area contributed by atoms with Gasteiger partial charge in [0.05, 0.1) is 24.2 Å². The predicted molar refractivity (Wildman–Crippen MR) is 185 cm³/mol. The Hall–Kier alpha value is -1.31. The van der Waals surface area contributed by atoms with Crippen molar-refractivity contribution in [2.24, 2.45) is 5.92 Å². The zero-order valence-electron chi connectivity index (χ0n) is 30.3. The van der Waals surface area contributed by atoms with Gasteiger partial charge in [0.1, 0.15) is 12.7 Å². The zero-order valence-corrected chi connectivity index (χ0v) is 32.3. The van der Waals surface area contributed by atoms with E-state index >= 15 is 0 Å². The van der Waals surface area contributed by atoms with E-state index in [-0.39, 0.29) is 42.0 Å². The van der Waals surface area contributed by atoms with E-state index in [1.54, 1.807) is 0 Å². The quantitative estimate of drug-likeness (QED) is 0.0919. The van der Waals surface area contributed by atoms with Crippen molar-refractivity contribution in [2.45, 2.75) is 167 Å². The first kappa shape index (κ1) is 39.9. The number of carbonyl (C=O) groups excluding carboxylic acids is 2. The van der Waals surface area contributed by atoms with E-state index in [2.05, 4.69) is 81.6 Å². The molecule has 0 aromatic rings. The Morgan fingerprint density at radius 3 is 2.18 bits per heavy atom. The van der Waals surface area contributed by atoms with E-state index in [9.17, 15) is 9.59 Å². The summed E-state index contributed by atoms with van der Waals surface area (Å²) in [6.07, 6.45) is 2.93. The number of ether oxygens (including phenoxy) is 4. The van der Waals surface area contributed by atoms with Gasteiger partial charge in [-0.25, -0.2) is 0 Å². The van der Waals surface area contributed by atoms with E-state index in [1.165, 1.54) is 13.0 Å². The topological polar surface area (TPSA) is 89.5 Å². The molecule has 260 valence electrons. The molecule has 6 atom stereocenters. The highest BCUT2D eigenvalue weighted by Gasteiger charge is 2.55. The molecule has 0 amide bonds. The molecule has 0 aromatic carbocycles. The van der Waals surface area contributed by atoms with Gasteiger partial charge >= 0.3 is 11.9 Å². The van der Waals surface area contributed by atoms with Gasteiger partial charge in [-0.15, -0.1) is 0 Å². The fourth-order valence-corrected chi connectivity index (χ4v) is 10.7. The summed E-state index contributed by atoms with van der Waals surface area (Å²) in [6, 6.07) is 3.08. The van der Waals surface area contributed by atoms with Crippen LogP contribution in [0.4, 0.5) is 0 Å². The number of rotatable bonds is 16. The van der Waals surface area contributed by atoms with Crippen molar-refractivity contribution in [2.75, 3.05) is 13.2 Å². The molecule has 2 aliphatic rings. The maximum atomic E-state index is 12.6. The summed E-state index contributed by atoms with van der Waals surface area (Å²) in [4.78, 5) is 24.8. The van der Waals surface area contributed by atoms with Crippen LogP contribution in [0.25, 0.3) is 0 Å². The molecule has 2 saturated heterocycles. The third kappa shape index (κ3) is 11.4. The maximum absolute atomic E-state index is 12.6. The van der Waals surface area contributed by atoms with Gasteiger partial charge in [-0.2, -0.15) is 0 Å². The van der Waals surface area contributed by atoms with Crippen LogP contribution >= 0.6 is 0 Å². The molecule has 0 saturated carbocycles. The first-order valence-corrected chi connectivity index (χ1v) is 22.5. The lowest BCUT2D eigenvalue weighted by Crippen LogP contribution is -2.61. The number of carbonyl (C=O) groups is 2. The van der Waals surface area contributed by atoms with Gasteiger partial charge in [-0.05, 0) is 55.5 Å². The van der Waals surface area contributed by atoms with Gasteiger partial charge in [0.15, 0.2) is 22.4 Å². The predicted octanol–water partition coefficient (Wildman–Crippen LogP) is 8.48. The smallest absolute Gasteiger partial charge is 0.308 e. The van der Waals surface area contributed by atoms with E-state index in [4.69, 9.17) is 27.8 Å². The van der Waals surface area contributed by atoms with Crippen molar-refractivity contribution in [3.05, 3.63) is 24.8 Å². The van der Waals surface area contributed by atoms with Gasteiger partial charge in [0.2, 0.25) is 0 Å². The molecule has 0 N–H and O–H groups in total. The van der Waals surface area contributed by atoms with Crippen LogP contribution in [0.1, 0.15) is 101 Å². The SMILES string of the molecule is C=CCOC(=O)C[C@H]1C[C@H](OC(C)=O)C[C@@]2(C[C@@](C)(O[Si](CC)(CC)CC)C[C@H](CC(=C)[C@@H](C)CO[Si](C)(C)C(C)(C)C)O2)O1. The third-order valence-corrected chi connectivity index (χ3v) is 19.6. The van der Waals surface area contributed by atoms with Crippen LogP contribution in [0.2, 0.25) is 36.3 Å². The molecule has 2 rings (SSSR count). The normalized spacial score (nSPS) is 28.4. The highest BCUT2D eigenvalue weighted by atomic mass is 28.4. The monoisotopic (exact) mass is 668 g/mol. The van der Waals surface area contributed by atoms with Crippen LogP contribution in [0.15, 0.2) is 24.8 Å². The lowest BCUT2D eigenvalue weighted by molar-refractivity contribution is -0.347. The fourth-order valence-electron chi connectivity index (χ4n) is 6.51. The first-order valence-electron chi connectivity index (χ1n) is 17.1. The van der Waals surface area contributed by atoms with Crippen LogP contribution in [-0.2, 0) is 37.4 Å². The molecule has 2 heterocycles. The molecule has 1 spiro atoms. The Morgan fingerprint density at radius 2 is 1.64 bits per heavy atom. The molecule has 0 unspecified atom stereocenters. The number of esters is 2. The summed E-state index contributed by atoms with van der Waals surface area (Å²) in [5.41, 5.74) is 0.546. The van der Waals surface area contributed by atoms with Crippen molar-refractivity contribution in [3.63, 3.8) is 0 Å². The van der Waals surface area contributed by atoms with Gasteiger partial charge in [-0.1, -0.05) is 73.3 Å². The van der Waals surface area contributed by atoms with Crippen LogP contribution in [0.3, 0.4) is 0 Å². The summed E-state index contributed by atoms with van der Waals surface area (Å²) in [6.45, 7) is 32.7. The van der Waals surface area contributed by atoms with Crippen LogP contribution in [0, 0.1) is 5.92 Å². The highest BCUT2D eigenvalue weighted by molar-refractivity contribution is 6.74. The van der Waals surface area contributed by atoms with E-state index in [0.717, 1.165) is 23.7 Å². The van der Waals surface area contributed by atoms with Gasteiger partial charge < -0.3 is 27.8 Å². The summed E-state index contributed by atoms with van der Waals surface area (Å²) < 4.78 is 38.5. The molecule has 45 heavy (non-hydrogen) atoms. The summed E-state index contributed by atoms with van der Waals surface area (Å²) in [5.74, 6) is -1.69. The Morgan fingerprint density at radius 1 is 1.04 bits per heavy atom. The number of hydrogen-bond acceptors (Lipinski definition) is 8. The molecule has 10 heteroatoms. The molecule has 0 bridgehead atoms. The summed E-state index contributed by atoms with van der Waals surface area (Å²) in [7, 11) is -3.92. The second-order valence-corrected chi connectivity index (χ2v) is 24.7. The lowest BCUT2D eigenvalue weighted by Gasteiger charge is -2.55. The molecular weight excluding hydrogens is 605 g/mol. The van der Waals surface area contributed by atoms with Gasteiger partial charge in [0.25, 0.3) is 0 Å². The van der Waals surface area contributed by atoms with Crippen molar-refractivity contribution in [1.82, 2.24) is 0 Å². The van der Waals surface area contributed by atoms with Crippen LogP contribution < -0.4 is 0 Å². The lowest BCUT2D eigenvalue weighted by atomic mass is 9.80. The van der Waals surface area contributed by atoms with E-state index < -0.39 is 40.2 Å². The summed E-state index contributed by atoms with van der Waals surface area (Å²) >= 11 is 0. The maximum Gasteiger partial charge on any atom is 0.308 e. The first-order chi connectivity index (χ1) is 20.8. The Balaban J connectivity index is 2.40. The van der Waals surface area contributed by atoms with Crippen LogP contribution in [0.5, 0.6) is 0 Å². The minimum Gasteiger partial charge on any atom is -0.462 e. The Bertz CT molecular complexity index is 1010. The number of hydrogen-bond donors (Lipinski definition) is 0. The summed E-state index contributed by atoms with van der Waals surface area (Å²) in [5, 5.41) is 0.131. The molecule has 0 aliphatic carbocycles. The second-order valence-electron chi connectivity index (χ2n) is 15.2. The molecule has 2 fully saturated rings. The third-order valence-electron chi connectivity index (χ3n) is 10.3.